The Bertz CT molecular complexity index is 706. The van der Waals surface area contributed by atoms with Crippen molar-refractivity contribution < 1.29 is 4.79 Å². The first kappa shape index (κ1) is 21.1. The van der Waals surface area contributed by atoms with Crippen LogP contribution < -0.4 is 0 Å². The minimum atomic E-state index is 0.263. The molecule has 3 rings (SSSR count). The maximum atomic E-state index is 12.8. The predicted molar refractivity (Wildman–Crippen MR) is 114 cm³/mol. The summed E-state index contributed by atoms with van der Waals surface area (Å²) in [6, 6.07) is 0.697. The highest BCUT2D eigenvalue weighted by atomic mass is 16.2. The smallest absolute Gasteiger partial charge is 0.222 e. The van der Waals surface area contributed by atoms with Gasteiger partial charge in [0.15, 0.2) is 0 Å². The second kappa shape index (κ2) is 9.25. The molecule has 2 fully saturated rings. The van der Waals surface area contributed by atoms with E-state index in [1.54, 1.807) is 0 Å². The number of fused-ring (bicyclic) bond motifs is 1. The third kappa shape index (κ3) is 4.86. The summed E-state index contributed by atoms with van der Waals surface area (Å²) in [5.74, 6) is 0.907. The summed E-state index contributed by atoms with van der Waals surface area (Å²) in [5, 5.41) is 4.64. The molecule has 3 heterocycles. The van der Waals surface area contributed by atoms with Crippen LogP contribution in [0.2, 0.25) is 0 Å². The molecule has 156 valence electrons. The number of aryl methyl sites for hydroxylation is 1. The van der Waals surface area contributed by atoms with E-state index < -0.39 is 0 Å². The van der Waals surface area contributed by atoms with E-state index in [0.29, 0.717) is 18.4 Å². The minimum Gasteiger partial charge on any atom is -0.345 e. The maximum absolute atomic E-state index is 12.8. The van der Waals surface area contributed by atoms with Crippen molar-refractivity contribution >= 4 is 5.91 Å². The van der Waals surface area contributed by atoms with E-state index in [4.69, 9.17) is 0 Å². The van der Waals surface area contributed by atoms with Crippen molar-refractivity contribution in [1.82, 2.24) is 19.6 Å². The quantitative estimate of drug-likeness (QED) is 0.671. The molecule has 2 atom stereocenters. The van der Waals surface area contributed by atoms with Crippen LogP contribution in [-0.2, 0) is 17.8 Å². The number of allylic oxidation sites excluding steroid dienone is 1. The lowest BCUT2D eigenvalue weighted by molar-refractivity contribution is -0.131. The number of piperidine rings is 2. The first-order chi connectivity index (χ1) is 13.4. The summed E-state index contributed by atoms with van der Waals surface area (Å²) in [6.07, 6.45) is 7.90. The Labute approximate surface area is 170 Å². The van der Waals surface area contributed by atoms with Crippen LogP contribution in [0.15, 0.2) is 12.2 Å². The molecule has 2 aliphatic rings. The molecule has 0 spiro atoms. The molecule has 5 nitrogen and oxygen atoms in total. The third-order valence-electron chi connectivity index (χ3n) is 6.70. The van der Waals surface area contributed by atoms with Crippen molar-refractivity contribution in [3.63, 3.8) is 0 Å². The van der Waals surface area contributed by atoms with Crippen LogP contribution in [0.5, 0.6) is 0 Å². The lowest BCUT2D eigenvalue weighted by Crippen LogP contribution is -2.51. The highest BCUT2D eigenvalue weighted by Crippen LogP contribution is 2.31. The van der Waals surface area contributed by atoms with Crippen molar-refractivity contribution in [2.75, 3.05) is 26.7 Å². The van der Waals surface area contributed by atoms with Gasteiger partial charge in [-0.2, -0.15) is 5.10 Å². The molecule has 1 aromatic heterocycles. The fourth-order valence-electron chi connectivity index (χ4n) is 5.17. The van der Waals surface area contributed by atoms with Crippen LogP contribution in [0.25, 0.3) is 0 Å². The molecule has 28 heavy (non-hydrogen) atoms. The highest BCUT2D eigenvalue weighted by Gasteiger charge is 2.34. The molecule has 2 saturated heterocycles. The molecule has 5 heteroatoms. The maximum Gasteiger partial charge on any atom is 0.222 e. The van der Waals surface area contributed by atoms with Gasteiger partial charge in [-0.3, -0.25) is 9.48 Å². The normalized spacial score (nSPS) is 22.7. The molecule has 0 saturated carbocycles. The van der Waals surface area contributed by atoms with Gasteiger partial charge in [-0.1, -0.05) is 18.6 Å². The number of hydrogen-bond acceptors (Lipinski definition) is 3. The van der Waals surface area contributed by atoms with E-state index >= 15 is 0 Å². The number of hydrogen-bond donors (Lipinski definition) is 0. The largest absolute Gasteiger partial charge is 0.345 e. The molecule has 0 unspecified atom stereocenters. The Morgan fingerprint density at radius 3 is 2.71 bits per heavy atom. The van der Waals surface area contributed by atoms with E-state index in [-0.39, 0.29) is 5.91 Å². The molecule has 1 amide bonds. The summed E-state index contributed by atoms with van der Waals surface area (Å²) in [7, 11) is 1.99. The van der Waals surface area contributed by atoms with Crippen LogP contribution in [-0.4, -0.2) is 58.2 Å². The predicted octanol–water partition coefficient (Wildman–Crippen LogP) is 3.73. The lowest BCUT2D eigenvalue weighted by atomic mass is 9.83. The van der Waals surface area contributed by atoms with Gasteiger partial charge in [-0.25, -0.2) is 0 Å². The second-order valence-electron chi connectivity index (χ2n) is 9.04. The zero-order valence-corrected chi connectivity index (χ0v) is 18.3. The van der Waals surface area contributed by atoms with Gasteiger partial charge in [-0.05, 0) is 77.4 Å². The molecule has 0 bridgehead atoms. The summed E-state index contributed by atoms with van der Waals surface area (Å²) in [5.41, 5.74) is 4.52. The van der Waals surface area contributed by atoms with Gasteiger partial charge in [0.2, 0.25) is 5.91 Å². The van der Waals surface area contributed by atoms with E-state index in [1.807, 2.05) is 30.5 Å². The van der Waals surface area contributed by atoms with Crippen LogP contribution in [0.4, 0.5) is 0 Å². The summed E-state index contributed by atoms with van der Waals surface area (Å²) >= 11 is 0. The summed E-state index contributed by atoms with van der Waals surface area (Å²) in [6.45, 7) is 14.3. The fraction of sp³-hybridized carbons (Fsp3) is 0.739. The van der Waals surface area contributed by atoms with Crippen LogP contribution in [0.1, 0.15) is 62.4 Å². The van der Waals surface area contributed by atoms with Crippen molar-refractivity contribution in [3.05, 3.63) is 29.1 Å². The van der Waals surface area contributed by atoms with Gasteiger partial charge < -0.3 is 9.80 Å². The zero-order valence-electron chi connectivity index (χ0n) is 18.3. The Balaban J connectivity index is 1.55. The molecule has 1 aromatic rings. The van der Waals surface area contributed by atoms with Crippen LogP contribution in [0, 0.1) is 19.8 Å². The average Bonchev–Trinajstić information content (AvgIpc) is 2.92. The average molecular weight is 387 g/mol. The number of amides is 1. The SMILES string of the molecule is C=C(C)Cn1nc(C)c(CCC(=O)N(C)C[C@@H]2CCCN3CCCC[C@@H]23)c1C. The Kier molecular flexibility index (Phi) is 6.97. The van der Waals surface area contributed by atoms with Crippen LogP contribution in [0.3, 0.4) is 0 Å². The van der Waals surface area contributed by atoms with Crippen molar-refractivity contribution in [2.45, 2.75) is 78.3 Å². The molecule has 0 N–H and O–H groups in total. The number of aromatic nitrogens is 2. The summed E-state index contributed by atoms with van der Waals surface area (Å²) in [4.78, 5) is 17.5. The van der Waals surface area contributed by atoms with Crippen molar-refractivity contribution in [2.24, 2.45) is 5.92 Å². The number of rotatable bonds is 7. The van der Waals surface area contributed by atoms with Gasteiger partial charge in [0, 0.05) is 31.7 Å². The highest BCUT2D eigenvalue weighted by molar-refractivity contribution is 5.76. The molecule has 0 aliphatic carbocycles. The molecule has 0 radical (unpaired) electrons. The van der Waals surface area contributed by atoms with E-state index in [1.165, 1.54) is 56.5 Å². The lowest BCUT2D eigenvalue weighted by Gasteiger charge is -2.45. The molecule has 0 aromatic carbocycles. The second-order valence-corrected chi connectivity index (χ2v) is 9.04. The third-order valence-corrected chi connectivity index (χ3v) is 6.70. The minimum absolute atomic E-state index is 0.263. The van der Waals surface area contributed by atoms with Gasteiger partial charge in [0.25, 0.3) is 0 Å². The molecule has 2 aliphatic heterocycles. The van der Waals surface area contributed by atoms with Crippen molar-refractivity contribution in [1.29, 1.82) is 0 Å². The Morgan fingerprint density at radius 2 is 1.96 bits per heavy atom. The van der Waals surface area contributed by atoms with Gasteiger partial charge in [0.05, 0.1) is 12.2 Å². The first-order valence-corrected chi connectivity index (χ1v) is 11.0. The van der Waals surface area contributed by atoms with E-state index in [0.717, 1.165) is 30.8 Å². The number of carbonyl (C=O) groups excluding carboxylic acids is 1. The Morgan fingerprint density at radius 1 is 1.21 bits per heavy atom. The standard InChI is InChI=1S/C23H38N4O/c1-17(2)15-27-19(4)21(18(3)24-27)11-12-23(28)25(5)16-20-9-8-14-26-13-7-6-10-22(20)26/h20,22H,1,6-16H2,2-5H3/t20-,22-/m0/s1. The Hall–Kier alpha value is -1.62. The van der Waals surface area contributed by atoms with Gasteiger partial charge >= 0.3 is 0 Å². The topological polar surface area (TPSA) is 41.4 Å². The van der Waals surface area contributed by atoms with Gasteiger partial charge in [-0.15, -0.1) is 0 Å². The number of nitrogens with zero attached hydrogens (tertiary/aromatic N) is 4. The monoisotopic (exact) mass is 386 g/mol. The van der Waals surface area contributed by atoms with Crippen LogP contribution >= 0.6 is 0 Å². The first-order valence-electron chi connectivity index (χ1n) is 11.0. The van der Waals surface area contributed by atoms with E-state index in [2.05, 4.69) is 23.5 Å². The fourth-order valence-corrected chi connectivity index (χ4v) is 5.17. The zero-order chi connectivity index (χ0) is 20.3. The van der Waals surface area contributed by atoms with E-state index in [9.17, 15) is 4.79 Å². The van der Waals surface area contributed by atoms with Gasteiger partial charge in [0.1, 0.15) is 0 Å². The number of carbonyl (C=O) groups is 1. The van der Waals surface area contributed by atoms with Crippen molar-refractivity contribution in [3.8, 4) is 0 Å². The molecular formula is C23H38N4O. The summed E-state index contributed by atoms with van der Waals surface area (Å²) < 4.78 is 2.01. The molecular weight excluding hydrogens is 348 g/mol.